The lowest BCUT2D eigenvalue weighted by molar-refractivity contribution is 0.770. The molecule has 2 heterocycles. The number of rotatable bonds is 3. The summed E-state index contributed by atoms with van der Waals surface area (Å²) in [6.45, 7) is 0.687. The Morgan fingerprint density at radius 1 is 1.11 bits per heavy atom. The fourth-order valence-electron chi connectivity index (χ4n) is 2.05. The summed E-state index contributed by atoms with van der Waals surface area (Å²) in [5.74, 6) is 1.19. The Labute approximate surface area is 120 Å². The third-order valence-corrected chi connectivity index (χ3v) is 3.45. The lowest BCUT2D eigenvalue weighted by atomic mass is 10.2. The summed E-state index contributed by atoms with van der Waals surface area (Å²) >= 11 is 11.9. The highest BCUT2D eigenvalue weighted by atomic mass is 35.5. The van der Waals surface area contributed by atoms with Crippen molar-refractivity contribution in [3.8, 4) is 0 Å². The Balaban J connectivity index is 2.06. The predicted molar refractivity (Wildman–Crippen MR) is 77.6 cm³/mol. The van der Waals surface area contributed by atoms with Gasteiger partial charge in [0, 0.05) is 11.2 Å². The van der Waals surface area contributed by atoms with Crippen molar-refractivity contribution >= 4 is 34.4 Å². The van der Waals surface area contributed by atoms with E-state index in [0.29, 0.717) is 12.4 Å². The van der Waals surface area contributed by atoms with Gasteiger partial charge in [-0.3, -0.25) is 0 Å². The Morgan fingerprint density at radius 2 is 1.89 bits per heavy atom. The minimum atomic E-state index is 0.365. The number of nitrogens with zero attached hydrogens (tertiary/aromatic N) is 3. The van der Waals surface area contributed by atoms with Gasteiger partial charge in [-0.1, -0.05) is 23.7 Å². The van der Waals surface area contributed by atoms with E-state index in [9.17, 15) is 0 Å². The molecule has 0 fully saturated rings. The van der Waals surface area contributed by atoms with Crippen LogP contribution in [0.1, 0.15) is 11.4 Å². The Bertz CT molecular complexity index is 704. The lowest BCUT2D eigenvalue weighted by Gasteiger charge is -2.07. The molecule has 0 radical (unpaired) electrons. The van der Waals surface area contributed by atoms with E-state index >= 15 is 0 Å². The standard InChI is InChI=1S/C14H11Cl2N3/c15-8-13-18-12-2-1-7-17-14(12)19(13)9-10-3-5-11(16)6-4-10/h1-7H,8-9H2. The van der Waals surface area contributed by atoms with Crippen molar-refractivity contribution in [2.75, 3.05) is 0 Å². The van der Waals surface area contributed by atoms with Crippen molar-refractivity contribution in [1.82, 2.24) is 14.5 Å². The number of halogens is 2. The smallest absolute Gasteiger partial charge is 0.160 e. The minimum Gasteiger partial charge on any atom is -0.307 e. The summed E-state index contributed by atoms with van der Waals surface area (Å²) in [4.78, 5) is 8.87. The number of fused-ring (bicyclic) bond motifs is 1. The average molecular weight is 292 g/mol. The molecule has 3 rings (SSSR count). The molecule has 2 aromatic heterocycles. The third kappa shape index (κ3) is 2.44. The van der Waals surface area contributed by atoms with Crippen LogP contribution in [-0.4, -0.2) is 14.5 Å². The molecule has 0 spiro atoms. The average Bonchev–Trinajstić information content (AvgIpc) is 2.79. The van der Waals surface area contributed by atoms with E-state index in [-0.39, 0.29) is 0 Å². The van der Waals surface area contributed by atoms with E-state index < -0.39 is 0 Å². The van der Waals surface area contributed by atoms with Crippen molar-refractivity contribution in [1.29, 1.82) is 0 Å². The highest BCUT2D eigenvalue weighted by Crippen LogP contribution is 2.18. The Kier molecular flexibility index (Phi) is 3.40. The number of pyridine rings is 1. The van der Waals surface area contributed by atoms with Crippen LogP contribution in [0.4, 0.5) is 0 Å². The zero-order valence-corrected chi connectivity index (χ0v) is 11.6. The molecule has 0 bridgehead atoms. The van der Waals surface area contributed by atoms with Crippen LogP contribution in [0.25, 0.3) is 11.2 Å². The van der Waals surface area contributed by atoms with Gasteiger partial charge in [0.25, 0.3) is 0 Å². The van der Waals surface area contributed by atoms with Gasteiger partial charge in [-0.05, 0) is 29.8 Å². The third-order valence-electron chi connectivity index (χ3n) is 2.96. The van der Waals surface area contributed by atoms with E-state index in [4.69, 9.17) is 23.2 Å². The second-order valence-corrected chi connectivity index (χ2v) is 4.92. The number of imidazole rings is 1. The molecule has 19 heavy (non-hydrogen) atoms. The van der Waals surface area contributed by atoms with Crippen molar-refractivity contribution in [2.45, 2.75) is 12.4 Å². The van der Waals surface area contributed by atoms with Gasteiger partial charge in [-0.25, -0.2) is 9.97 Å². The van der Waals surface area contributed by atoms with Crippen LogP contribution in [0.15, 0.2) is 42.6 Å². The van der Waals surface area contributed by atoms with Gasteiger partial charge in [0.2, 0.25) is 0 Å². The van der Waals surface area contributed by atoms with E-state index in [1.165, 1.54) is 0 Å². The van der Waals surface area contributed by atoms with Gasteiger partial charge >= 0.3 is 0 Å². The Morgan fingerprint density at radius 3 is 2.63 bits per heavy atom. The van der Waals surface area contributed by atoms with Crippen LogP contribution in [0.5, 0.6) is 0 Å². The second kappa shape index (κ2) is 5.19. The van der Waals surface area contributed by atoms with Crippen molar-refractivity contribution < 1.29 is 0 Å². The molecule has 96 valence electrons. The summed E-state index contributed by atoms with van der Waals surface area (Å²) in [6, 6.07) is 11.6. The van der Waals surface area contributed by atoms with Crippen LogP contribution >= 0.6 is 23.2 Å². The molecule has 0 atom stereocenters. The maximum Gasteiger partial charge on any atom is 0.160 e. The van der Waals surface area contributed by atoms with Crippen molar-refractivity contribution in [2.24, 2.45) is 0 Å². The summed E-state index contributed by atoms with van der Waals surface area (Å²) < 4.78 is 2.03. The van der Waals surface area contributed by atoms with Crippen molar-refractivity contribution in [3.05, 3.63) is 59.0 Å². The molecule has 0 amide bonds. The second-order valence-electron chi connectivity index (χ2n) is 4.22. The lowest BCUT2D eigenvalue weighted by Crippen LogP contribution is -2.04. The molecule has 0 saturated carbocycles. The fourth-order valence-corrected chi connectivity index (χ4v) is 2.38. The monoisotopic (exact) mass is 291 g/mol. The molecule has 0 saturated heterocycles. The molecule has 5 heteroatoms. The quantitative estimate of drug-likeness (QED) is 0.686. The summed E-state index contributed by atoms with van der Waals surface area (Å²) in [6.07, 6.45) is 1.76. The van der Waals surface area contributed by atoms with Crippen LogP contribution in [0, 0.1) is 0 Å². The maximum absolute atomic E-state index is 5.96. The fraction of sp³-hybridized carbons (Fsp3) is 0.143. The van der Waals surface area contributed by atoms with E-state index in [1.54, 1.807) is 6.20 Å². The molecule has 1 aromatic carbocycles. The van der Waals surface area contributed by atoms with E-state index in [0.717, 1.165) is 27.6 Å². The van der Waals surface area contributed by atoms with Crippen LogP contribution < -0.4 is 0 Å². The summed E-state index contributed by atoms with van der Waals surface area (Å²) in [5.41, 5.74) is 2.86. The molecular weight excluding hydrogens is 281 g/mol. The highest BCUT2D eigenvalue weighted by molar-refractivity contribution is 6.30. The number of alkyl halides is 1. The van der Waals surface area contributed by atoms with Gasteiger partial charge in [-0.15, -0.1) is 11.6 Å². The molecule has 0 aliphatic heterocycles. The molecule has 3 nitrogen and oxygen atoms in total. The number of hydrogen-bond donors (Lipinski definition) is 0. The molecule has 3 aromatic rings. The molecular formula is C14H11Cl2N3. The minimum absolute atomic E-state index is 0.365. The topological polar surface area (TPSA) is 30.7 Å². The van der Waals surface area contributed by atoms with Crippen molar-refractivity contribution in [3.63, 3.8) is 0 Å². The first-order valence-electron chi connectivity index (χ1n) is 5.88. The number of hydrogen-bond acceptors (Lipinski definition) is 2. The first-order valence-corrected chi connectivity index (χ1v) is 6.80. The number of benzene rings is 1. The first-order chi connectivity index (χ1) is 9.28. The number of aromatic nitrogens is 3. The van der Waals surface area contributed by atoms with Gasteiger partial charge < -0.3 is 4.57 Å². The highest BCUT2D eigenvalue weighted by Gasteiger charge is 2.10. The maximum atomic E-state index is 5.96. The van der Waals surface area contributed by atoms with Crippen LogP contribution in [0.2, 0.25) is 5.02 Å². The Hall–Kier alpha value is -1.58. The normalized spacial score (nSPS) is 11.1. The SMILES string of the molecule is ClCc1nc2cccnc2n1Cc1ccc(Cl)cc1. The van der Waals surface area contributed by atoms with Gasteiger partial charge in [0.15, 0.2) is 5.65 Å². The zero-order chi connectivity index (χ0) is 13.2. The zero-order valence-electron chi connectivity index (χ0n) is 10.1. The summed E-state index contributed by atoms with van der Waals surface area (Å²) in [5, 5.41) is 0.731. The first kappa shape index (κ1) is 12.5. The van der Waals surface area contributed by atoms with E-state index in [1.807, 2.05) is 41.0 Å². The molecule has 0 unspecified atom stereocenters. The van der Waals surface area contributed by atoms with Crippen LogP contribution in [0.3, 0.4) is 0 Å². The van der Waals surface area contributed by atoms with Gasteiger partial charge in [-0.2, -0.15) is 0 Å². The molecule has 0 N–H and O–H groups in total. The van der Waals surface area contributed by atoms with Gasteiger partial charge in [0.05, 0.1) is 12.4 Å². The van der Waals surface area contributed by atoms with E-state index in [2.05, 4.69) is 9.97 Å². The predicted octanol–water partition coefficient (Wildman–Crippen LogP) is 3.87. The largest absolute Gasteiger partial charge is 0.307 e. The summed E-state index contributed by atoms with van der Waals surface area (Å²) in [7, 11) is 0. The van der Waals surface area contributed by atoms with Gasteiger partial charge in [0.1, 0.15) is 11.3 Å². The molecule has 0 aliphatic rings. The molecule has 0 aliphatic carbocycles. The van der Waals surface area contributed by atoms with Crippen LogP contribution in [-0.2, 0) is 12.4 Å².